The average Bonchev–Trinajstić information content (AvgIpc) is 3.13. The van der Waals surface area contributed by atoms with Crippen molar-refractivity contribution in [1.82, 2.24) is 10.3 Å². The topological polar surface area (TPSA) is 95.7 Å². The zero-order valence-electron chi connectivity index (χ0n) is 11.5. The van der Waals surface area contributed by atoms with Gasteiger partial charge in [0, 0.05) is 13.1 Å². The molecular weight excluding hydrogens is 274 g/mol. The molecule has 0 bridgehead atoms. The van der Waals surface area contributed by atoms with E-state index in [-0.39, 0.29) is 18.0 Å². The van der Waals surface area contributed by atoms with Crippen molar-refractivity contribution in [3.05, 3.63) is 23.8 Å². The highest BCUT2D eigenvalue weighted by molar-refractivity contribution is 5.92. The van der Waals surface area contributed by atoms with Crippen LogP contribution in [-0.4, -0.2) is 41.6 Å². The van der Waals surface area contributed by atoms with E-state index in [0.717, 1.165) is 12.8 Å². The van der Waals surface area contributed by atoms with Crippen LogP contribution in [0.25, 0.3) is 11.1 Å². The predicted molar refractivity (Wildman–Crippen MR) is 75.4 cm³/mol. The Morgan fingerprint density at radius 2 is 2.24 bits per heavy atom. The van der Waals surface area contributed by atoms with E-state index in [2.05, 4.69) is 10.3 Å². The number of carbonyl (C=O) groups excluding carboxylic acids is 1. The lowest BCUT2D eigenvalue weighted by Gasteiger charge is -2.13. The minimum atomic E-state index is -1.02. The summed E-state index contributed by atoms with van der Waals surface area (Å²) in [6, 6.07) is 5.08. The second kappa shape index (κ2) is 5.08. The molecule has 7 heteroatoms. The van der Waals surface area contributed by atoms with Crippen molar-refractivity contribution in [1.29, 1.82) is 0 Å². The van der Waals surface area contributed by atoms with Crippen molar-refractivity contribution in [3.63, 3.8) is 0 Å². The Morgan fingerprint density at radius 3 is 2.90 bits per heavy atom. The number of rotatable bonds is 5. The lowest BCUT2D eigenvalue weighted by molar-refractivity contribution is -0.119. The lowest BCUT2D eigenvalue weighted by Crippen LogP contribution is -2.36. The standard InChI is InChI=1S/C14H15N3O4/c1-17(7-12(18)15-9-3-4-9)14-16-10-5-2-8(13(19)20)6-11(10)21-14/h2,5-6,9H,3-4,7H2,1H3,(H,15,18)(H,19,20). The van der Waals surface area contributed by atoms with Crippen molar-refractivity contribution in [2.45, 2.75) is 18.9 Å². The maximum absolute atomic E-state index is 11.7. The number of hydrogen-bond donors (Lipinski definition) is 2. The fourth-order valence-corrected chi connectivity index (χ4v) is 1.99. The third kappa shape index (κ3) is 2.96. The highest BCUT2D eigenvalue weighted by Crippen LogP contribution is 2.22. The first-order chi connectivity index (χ1) is 10.0. The molecule has 1 aromatic carbocycles. The summed E-state index contributed by atoms with van der Waals surface area (Å²) < 4.78 is 5.51. The molecule has 0 atom stereocenters. The van der Waals surface area contributed by atoms with Gasteiger partial charge < -0.3 is 19.7 Å². The first kappa shape index (κ1) is 13.4. The second-order valence-corrected chi connectivity index (χ2v) is 5.18. The number of fused-ring (bicyclic) bond motifs is 1. The molecule has 0 aliphatic heterocycles. The molecule has 110 valence electrons. The first-order valence-electron chi connectivity index (χ1n) is 6.67. The van der Waals surface area contributed by atoms with Gasteiger partial charge in [-0.3, -0.25) is 4.79 Å². The number of benzene rings is 1. The zero-order valence-corrected chi connectivity index (χ0v) is 11.5. The molecule has 0 unspecified atom stereocenters. The predicted octanol–water partition coefficient (Wildman–Crippen LogP) is 1.24. The van der Waals surface area contributed by atoms with E-state index in [1.54, 1.807) is 18.0 Å². The number of amides is 1. The quantitative estimate of drug-likeness (QED) is 0.859. The molecule has 2 aromatic rings. The molecule has 0 saturated heterocycles. The van der Waals surface area contributed by atoms with Crippen molar-refractivity contribution in [3.8, 4) is 0 Å². The highest BCUT2D eigenvalue weighted by Gasteiger charge is 2.24. The molecule has 1 heterocycles. The van der Waals surface area contributed by atoms with E-state index in [4.69, 9.17) is 9.52 Å². The number of nitrogens with zero attached hydrogens (tertiary/aromatic N) is 2. The number of oxazole rings is 1. The second-order valence-electron chi connectivity index (χ2n) is 5.18. The van der Waals surface area contributed by atoms with Crippen molar-refractivity contribution in [2.75, 3.05) is 18.5 Å². The van der Waals surface area contributed by atoms with Crippen LogP contribution in [0.2, 0.25) is 0 Å². The molecule has 1 saturated carbocycles. The average molecular weight is 289 g/mol. The molecule has 3 rings (SSSR count). The van der Waals surface area contributed by atoms with Gasteiger partial charge in [0.1, 0.15) is 12.1 Å². The molecule has 0 radical (unpaired) electrons. The van der Waals surface area contributed by atoms with Gasteiger partial charge in [-0.25, -0.2) is 4.79 Å². The summed E-state index contributed by atoms with van der Waals surface area (Å²) in [6.45, 7) is 0.148. The summed E-state index contributed by atoms with van der Waals surface area (Å²) >= 11 is 0. The van der Waals surface area contributed by atoms with Crippen LogP contribution in [0.1, 0.15) is 23.2 Å². The van der Waals surface area contributed by atoms with Crippen LogP contribution in [-0.2, 0) is 4.79 Å². The number of carboxylic acid groups (broad SMARTS) is 1. The molecule has 0 spiro atoms. The van der Waals surface area contributed by atoms with Gasteiger partial charge in [-0.05, 0) is 31.0 Å². The molecule has 2 N–H and O–H groups in total. The van der Waals surface area contributed by atoms with E-state index in [1.807, 2.05) is 0 Å². The van der Waals surface area contributed by atoms with Crippen LogP contribution in [0.3, 0.4) is 0 Å². The Labute approximate surface area is 120 Å². The number of aromatic nitrogens is 1. The Kier molecular flexibility index (Phi) is 3.25. The molecule has 7 nitrogen and oxygen atoms in total. The van der Waals surface area contributed by atoms with Gasteiger partial charge in [0.05, 0.1) is 5.56 Å². The Morgan fingerprint density at radius 1 is 1.48 bits per heavy atom. The number of likely N-dealkylation sites (N-methyl/N-ethyl adjacent to an activating group) is 1. The van der Waals surface area contributed by atoms with Crippen LogP contribution in [0.4, 0.5) is 6.01 Å². The Bertz CT molecular complexity index is 705. The Hall–Kier alpha value is -2.57. The number of carboxylic acids is 1. The van der Waals surface area contributed by atoms with E-state index in [1.165, 1.54) is 12.1 Å². The van der Waals surface area contributed by atoms with Gasteiger partial charge in [-0.15, -0.1) is 0 Å². The highest BCUT2D eigenvalue weighted by atomic mass is 16.4. The van der Waals surface area contributed by atoms with E-state index < -0.39 is 5.97 Å². The van der Waals surface area contributed by atoms with Crippen LogP contribution >= 0.6 is 0 Å². The van der Waals surface area contributed by atoms with Gasteiger partial charge in [0.25, 0.3) is 6.01 Å². The lowest BCUT2D eigenvalue weighted by atomic mass is 10.2. The van der Waals surface area contributed by atoms with Crippen LogP contribution in [0.5, 0.6) is 0 Å². The largest absolute Gasteiger partial charge is 0.478 e. The van der Waals surface area contributed by atoms with Gasteiger partial charge in [0.2, 0.25) is 5.91 Å². The fraction of sp³-hybridized carbons (Fsp3) is 0.357. The van der Waals surface area contributed by atoms with Gasteiger partial charge >= 0.3 is 5.97 Å². The molecule has 21 heavy (non-hydrogen) atoms. The Balaban J connectivity index is 1.76. The normalized spacial score (nSPS) is 14.1. The minimum Gasteiger partial charge on any atom is -0.478 e. The monoisotopic (exact) mass is 289 g/mol. The molecule has 1 fully saturated rings. The summed E-state index contributed by atoms with van der Waals surface area (Å²) in [6.07, 6.45) is 2.08. The molecule has 1 aliphatic carbocycles. The summed E-state index contributed by atoms with van der Waals surface area (Å²) in [7, 11) is 1.70. The number of carbonyl (C=O) groups is 2. The molecule has 1 aliphatic rings. The summed E-state index contributed by atoms with van der Waals surface area (Å²) in [5, 5.41) is 11.8. The number of aromatic carboxylic acids is 1. The van der Waals surface area contributed by atoms with Gasteiger partial charge in [-0.1, -0.05) is 0 Å². The smallest absolute Gasteiger partial charge is 0.335 e. The maximum atomic E-state index is 11.7. The maximum Gasteiger partial charge on any atom is 0.335 e. The third-order valence-electron chi connectivity index (χ3n) is 3.27. The SMILES string of the molecule is CN(CC(=O)NC1CC1)c1nc2ccc(C(=O)O)cc2o1. The van der Waals surface area contributed by atoms with Crippen LogP contribution < -0.4 is 10.2 Å². The van der Waals surface area contributed by atoms with Crippen molar-refractivity contribution in [2.24, 2.45) is 0 Å². The molecular formula is C14H15N3O4. The van der Waals surface area contributed by atoms with Gasteiger partial charge in [-0.2, -0.15) is 4.98 Å². The van der Waals surface area contributed by atoms with Crippen molar-refractivity contribution >= 4 is 29.0 Å². The van der Waals surface area contributed by atoms with E-state index in [9.17, 15) is 9.59 Å². The zero-order chi connectivity index (χ0) is 15.0. The summed E-state index contributed by atoms with van der Waals surface area (Å²) in [4.78, 5) is 28.5. The first-order valence-corrected chi connectivity index (χ1v) is 6.67. The van der Waals surface area contributed by atoms with E-state index in [0.29, 0.717) is 23.2 Å². The molecule has 1 aromatic heterocycles. The fourth-order valence-electron chi connectivity index (χ4n) is 1.99. The number of nitrogens with one attached hydrogen (secondary N) is 1. The number of anilines is 1. The molecule has 1 amide bonds. The summed E-state index contributed by atoms with van der Waals surface area (Å²) in [5.41, 5.74) is 1.09. The van der Waals surface area contributed by atoms with Gasteiger partial charge in [0.15, 0.2) is 5.58 Å². The third-order valence-corrected chi connectivity index (χ3v) is 3.27. The number of hydrogen-bond acceptors (Lipinski definition) is 5. The summed E-state index contributed by atoms with van der Waals surface area (Å²) in [5.74, 6) is -1.10. The van der Waals surface area contributed by atoms with Crippen LogP contribution in [0, 0.1) is 0 Å². The van der Waals surface area contributed by atoms with Crippen LogP contribution in [0.15, 0.2) is 22.6 Å². The van der Waals surface area contributed by atoms with E-state index >= 15 is 0 Å². The minimum absolute atomic E-state index is 0.0755. The van der Waals surface area contributed by atoms with Crippen molar-refractivity contribution < 1.29 is 19.1 Å².